The highest BCUT2D eigenvalue weighted by molar-refractivity contribution is 9.10. The van der Waals surface area contributed by atoms with Gasteiger partial charge in [0.15, 0.2) is 0 Å². The zero-order valence-corrected chi connectivity index (χ0v) is 14.1. The lowest BCUT2D eigenvalue weighted by molar-refractivity contribution is 0.350. The van der Waals surface area contributed by atoms with Gasteiger partial charge in [0, 0.05) is 26.8 Å². The van der Waals surface area contributed by atoms with Gasteiger partial charge in [0.05, 0.1) is 4.90 Å². The van der Waals surface area contributed by atoms with E-state index in [1.165, 1.54) is 23.5 Å². The third-order valence-electron chi connectivity index (χ3n) is 2.53. The molecule has 1 aromatic carbocycles. The second-order valence-electron chi connectivity index (χ2n) is 4.04. The summed E-state index contributed by atoms with van der Waals surface area (Å²) in [6, 6.07) is 8.08. The molecule has 0 saturated heterocycles. The number of sulfonamides is 1. The lowest BCUT2D eigenvalue weighted by Crippen LogP contribution is -2.22. The van der Waals surface area contributed by atoms with Gasteiger partial charge in [-0.2, -0.15) is 0 Å². The summed E-state index contributed by atoms with van der Waals surface area (Å²) in [6.45, 7) is 0.0304. The molecule has 0 atom stereocenters. The lowest BCUT2D eigenvalue weighted by atomic mass is 10.2. The van der Waals surface area contributed by atoms with E-state index in [1.54, 1.807) is 12.1 Å². The predicted molar refractivity (Wildman–Crippen MR) is 86.5 cm³/mol. The summed E-state index contributed by atoms with van der Waals surface area (Å²) in [7, 11) is -3.54. The van der Waals surface area contributed by atoms with E-state index < -0.39 is 10.0 Å². The Kier molecular flexibility index (Phi) is 5.56. The van der Waals surface area contributed by atoms with E-state index >= 15 is 0 Å². The topological polar surface area (TPSA) is 66.4 Å². The first-order valence-electron chi connectivity index (χ1n) is 5.93. The van der Waals surface area contributed by atoms with Crippen LogP contribution in [0.5, 0.6) is 0 Å². The molecule has 0 aliphatic rings. The normalized spacial score (nSPS) is 11.0. The third kappa shape index (κ3) is 4.66. The molecule has 1 aromatic heterocycles. The second kappa shape index (κ2) is 7.20. The van der Waals surface area contributed by atoms with Crippen molar-refractivity contribution < 1.29 is 13.5 Å². The summed E-state index contributed by atoms with van der Waals surface area (Å²) >= 11 is 4.81. The van der Waals surface area contributed by atoms with Crippen LogP contribution >= 0.6 is 27.3 Å². The average molecular weight is 386 g/mol. The van der Waals surface area contributed by atoms with Crippen molar-refractivity contribution in [3.63, 3.8) is 0 Å². The molecule has 1 heterocycles. The summed E-state index contributed by atoms with van der Waals surface area (Å²) in [5.41, 5.74) is 0.658. The molecule has 21 heavy (non-hydrogen) atoms. The fourth-order valence-electron chi connectivity index (χ4n) is 1.55. The van der Waals surface area contributed by atoms with Gasteiger partial charge in [-0.1, -0.05) is 11.8 Å². The average Bonchev–Trinajstić information content (AvgIpc) is 2.89. The number of hydrogen-bond donors (Lipinski definition) is 2. The Hall–Kier alpha value is -1.17. The SMILES string of the molecule is O=S(=O)(NCc1cc(Br)cs1)c1ccc(C#CCO)cc1. The molecule has 0 bridgehead atoms. The van der Waals surface area contributed by atoms with Gasteiger partial charge in [0.2, 0.25) is 10.0 Å². The number of benzene rings is 1. The third-order valence-corrected chi connectivity index (χ3v) is 5.65. The number of aliphatic hydroxyl groups excluding tert-OH is 1. The van der Waals surface area contributed by atoms with Crippen molar-refractivity contribution in [1.82, 2.24) is 4.72 Å². The largest absolute Gasteiger partial charge is 0.384 e. The molecule has 0 aliphatic heterocycles. The molecule has 2 N–H and O–H groups in total. The summed E-state index contributed by atoms with van der Waals surface area (Å²) in [5.74, 6) is 5.22. The number of rotatable bonds is 4. The Labute approximate surface area is 136 Å². The summed E-state index contributed by atoms with van der Waals surface area (Å²) < 4.78 is 27.8. The van der Waals surface area contributed by atoms with E-state index in [0.29, 0.717) is 5.56 Å². The van der Waals surface area contributed by atoms with Crippen LogP contribution in [0, 0.1) is 11.8 Å². The first kappa shape index (κ1) is 16.2. The Balaban J connectivity index is 2.08. The zero-order valence-electron chi connectivity index (χ0n) is 10.8. The van der Waals surface area contributed by atoms with Crippen molar-refractivity contribution >= 4 is 37.3 Å². The van der Waals surface area contributed by atoms with Crippen LogP contribution in [0.15, 0.2) is 45.1 Å². The van der Waals surface area contributed by atoms with Crippen LogP contribution in [0.3, 0.4) is 0 Å². The van der Waals surface area contributed by atoms with E-state index in [9.17, 15) is 8.42 Å². The minimum atomic E-state index is -3.54. The molecular weight excluding hydrogens is 374 g/mol. The molecule has 4 nitrogen and oxygen atoms in total. The quantitative estimate of drug-likeness (QED) is 0.793. The van der Waals surface area contributed by atoms with E-state index in [2.05, 4.69) is 32.5 Å². The van der Waals surface area contributed by atoms with Crippen LogP contribution in [0.25, 0.3) is 0 Å². The van der Waals surface area contributed by atoms with E-state index in [4.69, 9.17) is 5.11 Å². The molecule has 0 fully saturated rings. The number of hydrogen-bond acceptors (Lipinski definition) is 4. The van der Waals surface area contributed by atoms with Crippen LogP contribution in [0.2, 0.25) is 0 Å². The van der Waals surface area contributed by atoms with Crippen molar-refractivity contribution in [2.45, 2.75) is 11.4 Å². The first-order valence-corrected chi connectivity index (χ1v) is 9.09. The molecule has 7 heteroatoms. The molecule has 2 aromatic rings. The van der Waals surface area contributed by atoms with Crippen molar-refractivity contribution in [1.29, 1.82) is 0 Å². The van der Waals surface area contributed by atoms with Crippen LogP contribution in [0.1, 0.15) is 10.4 Å². The molecule has 0 spiro atoms. The highest BCUT2D eigenvalue weighted by Crippen LogP contribution is 2.20. The molecule has 0 saturated carbocycles. The first-order chi connectivity index (χ1) is 10.0. The summed E-state index contributed by atoms with van der Waals surface area (Å²) in [6.07, 6.45) is 0. The standard InChI is InChI=1S/C14H12BrNO3S2/c15-12-8-13(20-10-12)9-16-21(18,19)14-5-3-11(4-6-14)2-1-7-17/h3-6,8,10,16-17H,7,9H2. The van der Waals surface area contributed by atoms with Crippen LogP contribution in [-0.2, 0) is 16.6 Å². The number of aliphatic hydroxyl groups is 1. The summed E-state index contributed by atoms with van der Waals surface area (Å²) in [5, 5.41) is 10.5. The van der Waals surface area contributed by atoms with Crippen LogP contribution in [0.4, 0.5) is 0 Å². The fourth-order valence-corrected chi connectivity index (χ4v) is 4.04. The minimum absolute atomic E-state index is 0.188. The van der Waals surface area contributed by atoms with Gasteiger partial charge < -0.3 is 5.11 Å². The molecule has 0 radical (unpaired) electrons. The molecule has 0 unspecified atom stereocenters. The van der Waals surface area contributed by atoms with Crippen molar-refractivity contribution in [3.8, 4) is 11.8 Å². The lowest BCUT2D eigenvalue weighted by Gasteiger charge is -2.05. The molecular formula is C14H12BrNO3S2. The Morgan fingerprint density at radius 1 is 1.29 bits per heavy atom. The van der Waals surface area contributed by atoms with Gasteiger partial charge >= 0.3 is 0 Å². The summed E-state index contributed by atoms with van der Waals surface area (Å²) in [4.78, 5) is 1.11. The minimum Gasteiger partial charge on any atom is -0.384 e. The monoisotopic (exact) mass is 385 g/mol. The van der Waals surface area contributed by atoms with Crippen LogP contribution < -0.4 is 4.72 Å². The number of nitrogens with one attached hydrogen (secondary N) is 1. The molecule has 110 valence electrons. The van der Waals surface area contributed by atoms with E-state index in [0.717, 1.165) is 9.35 Å². The van der Waals surface area contributed by atoms with Gasteiger partial charge in [-0.05, 0) is 46.3 Å². The maximum absolute atomic E-state index is 12.1. The van der Waals surface area contributed by atoms with E-state index in [-0.39, 0.29) is 18.0 Å². The molecule has 2 rings (SSSR count). The van der Waals surface area contributed by atoms with Crippen molar-refractivity contribution in [2.75, 3.05) is 6.61 Å². The van der Waals surface area contributed by atoms with Crippen LogP contribution in [-0.4, -0.2) is 20.1 Å². The fraction of sp³-hybridized carbons (Fsp3) is 0.143. The maximum atomic E-state index is 12.1. The Morgan fingerprint density at radius 3 is 2.57 bits per heavy atom. The van der Waals surface area contributed by atoms with Gasteiger partial charge in [-0.3, -0.25) is 0 Å². The number of halogens is 1. The molecule has 0 amide bonds. The maximum Gasteiger partial charge on any atom is 0.240 e. The number of thiophene rings is 1. The van der Waals surface area contributed by atoms with Crippen molar-refractivity contribution in [3.05, 3.63) is 50.6 Å². The second-order valence-corrected chi connectivity index (χ2v) is 7.72. The molecule has 0 aliphatic carbocycles. The van der Waals surface area contributed by atoms with Crippen molar-refractivity contribution in [2.24, 2.45) is 0 Å². The van der Waals surface area contributed by atoms with Gasteiger partial charge in [-0.25, -0.2) is 13.1 Å². The van der Waals surface area contributed by atoms with Gasteiger partial charge in [-0.15, -0.1) is 11.3 Å². The highest BCUT2D eigenvalue weighted by atomic mass is 79.9. The Bertz CT molecular complexity index is 771. The smallest absolute Gasteiger partial charge is 0.240 e. The predicted octanol–water partition coefficient (Wildman–Crippen LogP) is 2.33. The van der Waals surface area contributed by atoms with E-state index in [1.807, 2.05) is 11.4 Å². The Morgan fingerprint density at radius 2 is 2.00 bits per heavy atom. The van der Waals surface area contributed by atoms with Gasteiger partial charge in [0.25, 0.3) is 0 Å². The van der Waals surface area contributed by atoms with Gasteiger partial charge in [0.1, 0.15) is 6.61 Å². The zero-order chi connectivity index (χ0) is 15.3. The highest BCUT2D eigenvalue weighted by Gasteiger charge is 2.13.